The van der Waals surface area contributed by atoms with Crippen LogP contribution in [-0.4, -0.2) is 37.9 Å². The molecule has 2 amide bonds. The van der Waals surface area contributed by atoms with E-state index in [9.17, 15) is 9.59 Å². The van der Waals surface area contributed by atoms with Crippen molar-refractivity contribution in [2.75, 3.05) is 26.5 Å². The first-order valence-electron chi connectivity index (χ1n) is 7.45. The number of nitrogens with zero attached hydrogens (tertiary/aromatic N) is 1. The standard InChI is InChI=1S/C19H20N2O3/c1-21(2)19(23)15-9-5-6-10-16(15)20-18(22)13-12-14-8-4-7-11-17(14)24-3/h4-13H,1-3H3,(H,20,22)/b13-12+. The van der Waals surface area contributed by atoms with Crippen LogP contribution in [0.3, 0.4) is 0 Å². The molecule has 5 heteroatoms. The smallest absolute Gasteiger partial charge is 0.255 e. The van der Waals surface area contributed by atoms with Crippen LogP contribution in [0.2, 0.25) is 0 Å². The third kappa shape index (κ3) is 4.23. The van der Waals surface area contributed by atoms with Crippen LogP contribution >= 0.6 is 0 Å². The van der Waals surface area contributed by atoms with Crippen LogP contribution in [0.15, 0.2) is 54.6 Å². The summed E-state index contributed by atoms with van der Waals surface area (Å²) in [5.74, 6) is 0.198. The lowest BCUT2D eigenvalue weighted by molar-refractivity contribution is -0.111. The van der Waals surface area contributed by atoms with E-state index in [1.54, 1.807) is 51.5 Å². The second kappa shape index (κ2) is 7.97. The Hall–Kier alpha value is -3.08. The van der Waals surface area contributed by atoms with Crippen LogP contribution in [0.25, 0.3) is 6.08 Å². The van der Waals surface area contributed by atoms with Crippen molar-refractivity contribution < 1.29 is 14.3 Å². The largest absolute Gasteiger partial charge is 0.496 e. The average molecular weight is 324 g/mol. The van der Waals surface area contributed by atoms with Crippen molar-refractivity contribution in [2.24, 2.45) is 0 Å². The van der Waals surface area contributed by atoms with Crippen LogP contribution in [-0.2, 0) is 4.79 Å². The molecule has 0 unspecified atom stereocenters. The second-order valence-electron chi connectivity index (χ2n) is 5.31. The number of hydrogen-bond acceptors (Lipinski definition) is 3. The monoisotopic (exact) mass is 324 g/mol. The van der Waals surface area contributed by atoms with Gasteiger partial charge in [-0.1, -0.05) is 30.3 Å². The Morgan fingerprint density at radius 1 is 1.04 bits per heavy atom. The molecule has 0 aliphatic carbocycles. The third-order valence-electron chi connectivity index (χ3n) is 3.37. The molecule has 24 heavy (non-hydrogen) atoms. The van der Waals surface area contributed by atoms with Crippen LogP contribution in [0.5, 0.6) is 5.75 Å². The SMILES string of the molecule is COc1ccccc1/C=C/C(=O)Nc1ccccc1C(=O)N(C)C. The summed E-state index contributed by atoms with van der Waals surface area (Å²) in [6.07, 6.45) is 3.08. The zero-order chi connectivity index (χ0) is 17.5. The van der Waals surface area contributed by atoms with Crippen LogP contribution in [0.1, 0.15) is 15.9 Å². The van der Waals surface area contributed by atoms with E-state index in [2.05, 4.69) is 5.32 Å². The molecule has 0 aromatic heterocycles. The Morgan fingerprint density at radius 2 is 1.71 bits per heavy atom. The molecule has 0 saturated carbocycles. The van der Waals surface area contributed by atoms with Crippen molar-refractivity contribution in [3.63, 3.8) is 0 Å². The molecule has 2 rings (SSSR count). The zero-order valence-electron chi connectivity index (χ0n) is 13.9. The number of nitrogens with one attached hydrogen (secondary N) is 1. The van der Waals surface area contributed by atoms with E-state index in [1.165, 1.54) is 11.0 Å². The van der Waals surface area contributed by atoms with Gasteiger partial charge >= 0.3 is 0 Å². The molecule has 0 bridgehead atoms. The highest BCUT2D eigenvalue weighted by Gasteiger charge is 2.13. The molecule has 0 aliphatic heterocycles. The summed E-state index contributed by atoms with van der Waals surface area (Å²) in [5, 5.41) is 2.74. The van der Waals surface area contributed by atoms with Crippen molar-refractivity contribution in [3.8, 4) is 5.75 Å². The van der Waals surface area contributed by atoms with Gasteiger partial charge in [0.05, 0.1) is 18.4 Å². The van der Waals surface area contributed by atoms with E-state index in [0.29, 0.717) is 17.0 Å². The number of carbonyl (C=O) groups excluding carboxylic acids is 2. The molecule has 1 N–H and O–H groups in total. The van der Waals surface area contributed by atoms with E-state index in [-0.39, 0.29) is 11.8 Å². The van der Waals surface area contributed by atoms with Gasteiger partial charge in [-0.05, 0) is 24.3 Å². The van der Waals surface area contributed by atoms with Crippen molar-refractivity contribution in [2.45, 2.75) is 0 Å². The molecule has 0 saturated heterocycles. The van der Waals surface area contributed by atoms with Crippen LogP contribution < -0.4 is 10.1 Å². The van der Waals surface area contributed by atoms with E-state index in [4.69, 9.17) is 4.74 Å². The molecule has 2 aromatic rings. The molecule has 0 atom stereocenters. The number of benzene rings is 2. The van der Waals surface area contributed by atoms with Gasteiger partial charge in [-0.25, -0.2) is 0 Å². The molecule has 0 radical (unpaired) electrons. The molecular weight excluding hydrogens is 304 g/mol. The fourth-order valence-electron chi connectivity index (χ4n) is 2.16. The number of amides is 2. The van der Waals surface area contributed by atoms with Gasteiger partial charge in [0.25, 0.3) is 5.91 Å². The normalized spacial score (nSPS) is 10.5. The topological polar surface area (TPSA) is 58.6 Å². The second-order valence-corrected chi connectivity index (χ2v) is 5.31. The molecule has 0 heterocycles. The van der Waals surface area contributed by atoms with Gasteiger partial charge in [0, 0.05) is 25.7 Å². The van der Waals surface area contributed by atoms with Crippen molar-refractivity contribution in [3.05, 3.63) is 65.7 Å². The van der Waals surface area contributed by atoms with E-state index in [1.807, 2.05) is 24.3 Å². The van der Waals surface area contributed by atoms with Crippen LogP contribution in [0.4, 0.5) is 5.69 Å². The lowest BCUT2D eigenvalue weighted by atomic mass is 10.1. The van der Waals surface area contributed by atoms with Gasteiger partial charge in [-0.2, -0.15) is 0 Å². The van der Waals surface area contributed by atoms with Crippen molar-refractivity contribution >= 4 is 23.6 Å². The Balaban J connectivity index is 2.16. The summed E-state index contributed by atoms with van der Waals surface area (Å²) in [6, 6.07) is 14.3. The molecule has 0 spiro atoms. The van der Waals surface area contributed by atoms with Gasteiger partial charge in [0.1, 0.15) is 5.75 Å². The molecule has 0 fully saturated rings. The number of ether oxygens (including phenoxy) is 1. The lowest BCUT2D eigenvalue weighted by Crippen LogP contribution is -2.23. The molecule has 124 valence electrons. The molecule has 5 nitrogen and oxygen atoms in total. The Kier molecular flexibility index (Phi) is 5.73. The van der Waals surface area contributed by atoms with Gasteiger partial charge in [0.15, 0.2) is 0 Å². The quantitative estimate of drug-likeness (QED) is 0.860. The molecule has 2 aromatic carbocycles. The predicted molar refractivity (Wildman–Crippen MR) is 95.1 cm³/mol. The highest BCUT2D eigenvalue weighted by molar-refractivity contribution is 6.07. The summed E-state index contributed by atoms with van der Waals surface area (Å²) >= 11 is 0. The first kappa shape index (κ1) is 17.3. The highest BCUT2D eigenvalue weighted by Crippen LogP contribution is 2.19. The lowest BCUT2D eigenvalue weighted by Gasteiger charge is -2.14. The minimum atomic E-state index is -0.320. The number of rotatable bonds is 5. The minimum Gasteiger partial charge on any atom is -0.496 e. The Bertz CT molecular complexity index is 767. The summed E-state index contributed by atoms with van der Waals surface area (Å²) in [6.45, 7) is 0. The fourth-order valence-corrected chi connectivity index (χ4v) is 2.16. The highest BCUT2D eigenvalue weighted by atomic mass is 16.5. The fraction of sp³-hybridized carbons (Fsp3) is 0.158. The molecular formula is C19H20N2O3. The maximum Gasteiger partial charge on any atom is 0.255 e. The zero-order valence-corrected chi connectivity index (χ0v) is 13.9. The predicted octanol–water partition coefficient (Wildman–Crippen LogP) is 3.05. The number of hydrogen-bond donors (Lipinski definition) is 1. The van der Waals surface area contributed by atoms with Gasteiger partial charge in [-0.3, -0.25) is 9.59 Å². The summed E-state index contributed by atoms with van der Waals surface area (Å²) in [5.41, 5.74) is 1.72. The van der Waals surface area contributed by atoms with Gasteiger partial charge < -0.3 is 15.0 Å². The van der Waals surface area contributed by atoms with Crippen LogP contribution in [0, 0.1) is 0 Å². The maximum atomic E-state index is 12.2. The number of methoxy groups -OCH3 is 1. The van der Waals surface area contributed by atoms with E-state index in [0.717, 1.165) is 5.56 Å². The summed E-state index contributed by atoms with van der Waals surface area (Å²) < 4.78 is 5.24. The average Bonchev–Trinajstić information content (AvgIpc) is 2.60. The first-order chi connectivity index (χ1) is 11.5. The van der Waals surface area contributed by atoms with Gasteiger partial charge in [-0.15, -0.1) is 0 Å². The van der Waals surface area contributed by atoms with E-state index >= 15 is 0 Å². The number of para-hydroxylation sites is 2. The van der Waals surface area contributed by atoms with Gasteiger partial charge in [0.2, 0.25) is 5.91 Å². The first-order valence-corrected chi connectivity index (χ1v) is 7.45. The third-order valence-corrected chi connectivity index (χ3v) is 3.37. The maximum absolute atomic E-state index is 12.2. The number of carbonyl (C=O) groups is 2. The Labute approximate surface area is 141 Å². The summed E-state index contributed by atoms with van der Waals surface area (Å²) in [7, 11) is 4.92. The summed E-state index contributed by atoms with van der Waals surface area (Å²) in [4.78, 5) is 25.8. The minimum absolute atomic E-state index is 0.167. The van der Waals surface area contributed by atoms with E-state index < -0.39 is 0 Å². The Morgan fingerprint density at radius 3 is 2.42 bits per heavy atom. The van der Waals surface area contributed by atoms with Crippen molar-refractivity contribution in [1.82, 2.24) is 4.90 Å². The molecule has 0 aliphatic rings. The number of anilines is 1. The van der Waals surface area contributed by atoms with Crippen molar-refractivity contribution in [1.29, 1.82) is 0 Å².